The molecule has 1 aliphatic heterocycles. The Balaban J connectivity index is 1.46. The van der Waals surface area contributed by atoms with Crippen molar-refractivity contribution in [2.24, 2.45) is 5.92 Å². The van der Waals surface area contributed by atoms with Crippen LogP contribution in [0.3, 0.4) is 0 Å². The number of sulfonamides is 1. The number of rotatable bonds is 7. The van der Waals surface area contributed by atoms with Crippen LogP contribution in [0, 0.1) is 5.92 Å². The maximum atomic E-state index is 12.9. The zero-order valence-electron chi connectivity index (χ0n) is 13.7. The highest BCUT2D eigenvalue weighted by atomic mass is 32.2. The van der Waals surface area contributed by atoms with Crippen molar-refractivity contribution in [2.45, 2.75) is 31.8 Å². The van der Waals surface area contributed by atoms with Gasteiger partial charge in [0.1, 0.15) is 0 Å². The summed E-state index contributed by atoms with van der Waals surface area (Å²) in [7, 11) is -3.26. The van der Waals surface area contributed by atoms with E-state index in [0.717, 1.165) is 36.9 Å². The van der Waals surface area contributed by atoms with Crippen molar-refractivity contribution in [1.29, 1.82) is 0 Å². The van der Waals surface area contributed by atoms with Gasteiger partial charge in [-0.2, -0.15) is 4.31 Å². The number of aryl methyl sites for hydroxylation is 1. The van der Waals surface area contributed by atoms with Crippen LogP contribution in [0.5, 0.6) is 0 Å². The van der Waals surface area contributed by atoms with Crippen molar-refractivity contribution < 1.29 is 13.2 Å². The highest BCUT2D eigenvalue weighted by molar-refractivity contribution is 7.89. The molecule has 1 atom stereocenters. The molecule has 1 aliphatic carbocycles. The third kappa shape index (κ3) is 3.34. The lowest BCUT2D eigenvalue weighted by Crippen LogP contribution is -2.39. The van der Waals surface area contributed by atoms with Crippen LogP contribution in [0.4, 0.5) is 0 Å². The maximum Gasteiger partial charge on any atom is 0.216 e. The van der Waals surface area contributed by atoms with Gasteiger partial charge in [-0.05, 0) is 37.3 Å². The summed E-state index contributed by atoms with van der Waals surface area (Å²) in [5.41, 5.74) is 1.88. The van der Waals surface area contributed by atoms with E-state index in [9.17, 15) is 8.42 Å². The van der Waals surface area contributed by atoms with Crippen LogP contribution >= 0.6 is 0 Å². The molecule has 130 valence electrons. The number of hydrogen-bond donors (Lipinski definition) is 0. The summed E-state index contributed by atoms with van der Waals surface area (Å²) in [6.07, 6.45) is 4.67. The van der Waals surface area contributed by atoms with E-state index >= 15 is 0 Å². The summed E-state index contributed by atoms with van der Waals surface area (Å²) in [5, 5.41) is 0. The molecule has 7 heteroatoms. The molecular formula is C17H23N3O3S. The molecule has 0 radical (unpaired) electrons. The Bertz CT molecular complexity index is 807. The number of para-hydroxylation sites is 2. The van der Waals surface area contributed by atoms with E-state index in [0.29, 0.717) is 25.6 Å². The zero-order chi connectivity index (χ0) is 16.6. The van der Waals surface area contributed by atoms with Crippen molar-refractivity contribution in [1.82, 2.24) is 13.9 Å². The van der Waals surface area contributed by atoms with Crippen molar-refractivity contribution in [3.8, 4) is 0 Å². The molecule has 4 rings (SSSR count). The fraction of sp³-hybridized carbons (Fsp3) is 0.588. The van der Waals surface area contributed by atoms with Crippen molar-refractivity contribution >= 4 is 21.1 Å². The quantitative estimate of drug-likeness (QED) is 0.765. The van der Waals surface area contributed by atoms with Crippen LogP contribution in [0.2, 0.25) is 0 Å². The fourth-order valence-corrected chi connectivity index (χ4v) is 5.12. The average molecular weight is 349 g/mol. The Hall–Kier alpha value is -1.44. The van der Waals surface area contributed by atoms with E-state index in [2.05, 4.69) is 4.98 Å². The number of nitrogens with zero attached hydrogens (tertiary/aromatic N) is 3. The van der Waals surface area contributed by atoms with Gasteiger partial charge in [-0.3, -0.25) is 0 Å². The molecule has 1 unspecified atom stereocenters. The Morgan fingerprint density at radius 3 is 2.83 bits per heavy atom. The normalized spacial score (nSPS) is 21.8. The van der Waals surface area contributed by atoms with Crippen molar-refractivity contribution in [3.63, 3.8) is 0 Å². The molecule has 24 heavy (non-hydrogen) atoms. The minimum absolute atomic E-state index is 0.122. The molecule has 6 nitrogen and oxygen atoms in total. The van der Waals surface area contributed by atoms with Crippen molar-refractivity contribution in [3.05, 3.63) is 30.6 Å². The van der Waals surface area contributed by atoms with Gasteiger partial charge >= 0.3 is 0 Å². The van der Waals surface area contributed by atoms with Crippen LogP contribution in [-0.4, -0.2) is 53.8 Å². The number of hydrogen-bond acceptors (Lipinski definition) is 4. The Morgan fingerprint density at radius 2 is 2.08 bits per heavy atom. The Morgan fingerprint density at radius 1 is 1.25 bits per heavy atom. The predicted octanol–water partition coefficient (Wildman–Crippen LogP) is 1.87. The van der Waals surface area contributed by atoms with Gasteiger partial charge in [0, 0.05) is 25.7 Å². The number of aromatic nitrogens is 2. The van der Waals surface area contributed by atoms with Gasteiger partial charge < -0.3 is 9.30 Å². The third-order valence-electron chi connectivity index (χ3n) is 4.89. The smallest absolute Gasteiger partial charge is 0.216 e. The minimum Gasteiger partial charge on any atom is -0.381 e. The minimum atomic E-state index is -3.26. The topological polar surface area (TPSA) is 64.4 Å². The lowest BCUT2D eigenvalue weighted by atomic mass is 10.1. The summed E-state index contributed by atoms with van der Waals surface area (Å²) in [6.45, 7) is 2.49. The van der Waals surface area contributed by atoms with Crippen LogP contribution in [0.1, 0.15) is 19.3 Å². The molecule has 2 aromatic rings. The lowest BCUT2D eigenvalue weighted by Gasteiger charge is -2.24. The van der Waals surface area contributed by atoms with Gasteiger partial charge in [-0.25, -0.2) is 13.4 Å². The molecule has 1 aromatic heterocycles. The summed E-state index contributed by atoms with van der Waals surface area (Å²) in [5.74, 6) is 0.465. The monoisotopic (exact) mass is 349 g/mol. The average Bonchev–Trinajstić information content (AvgIpc) is 3.12. The second-order valence-corrected chi connectivity index (χ2v) is 8.81. The van der Waals surface area contributed by atoms with Gasteiger partial charge in [0.25, 0.3) is 0 Å². The summed E-state index contributed by atoms with van der Waals surface area (Å²) in [6, 6.07) is 8.01. The van der Waals surface area contributed by atoms with Crippen LogP contribution < -0.4 is 0 Å². The van der Waals surface area contributed by atoms with Crippen molar-refractivity contribution in [2.75, 3.05) is 25.5 Å². The standard InChI is InChI=1S/C17H23N3O3S/c21-24(22,20(15-5-6-15)11-14-7-9-23-12-14)10-8-19-13-18-16-3-1-2-4-17(16)19/h1-4,13-15H,5-12H2. The zero-order valence-corrected chi connectivity index (χ0v) is 14.5. The number of ether oxygens (including phenoxy) is 1. The van der Waals surface area contributed by atoms with Gasteiger partial charge in [0.2, 0.25) is 10.0 Å². The van der Waals surface area contributed by atoms with E-state index in [-0.39, 0.29) is 11.8 Å². The number of fused-ring (bicyclic) bond motifs is 1. The molecule has 1 saturated carbocycles. The maximum absolute atomic E-state index is 12.9. The third-order valence-corrected chi connectivity index (χ3v) is 6.75. The summed E-state index contributed by atoms with van der Waals surface area (Å²) < 4.78 is 34.8. The van der Waals surface area contributed by atoms with Crippen LogP contribution in [0.25, 0.3) is 11.0 Å². The summed E-state index contributed by atoms with van der Waals surface area (Å²) >= 11 is 0. The highest BCUT2D eigenvalue weighted by Gasteiger charge is 2.38. The molecule has 1 aromatic carbocycles. The first-order valence-electron chi connectivity index (χ1n) is 8.60. The fourth-order valence-electron chi connectivity index (χ4n) is 3.35. The van der Waals surface area contributed by atoms with E-state index < -0.39 is 10.0 Å². The van der Waals surface area contributed by atoms with Gasteiger partial charge in [0.15, 0.2) is 0 Å². The largest absolute Gasteiger partial charge is 0.381 e. The first-order chi connectivity index (χ1) is 11.6. The molecule has 1 saturated heterocycles. The molecule has 2 fully saturated rings. The van der Waals surface area contributed by atoms with E-state index in [1.807, 2.05) is 28.8 Å². The number of benzene rings is 1. The van der Waals surface area contributed by atoms with E-state index in [4.69, 9.17) is 4.74 Å². The molecule has 2 aliphatic rings. The van der Waals surface area contributed by atoms with Gasteiger partial charge in [-0.15, -0.1) is 0 Å². The molecule has 0 amide bonds. The molecule has 0 spiro atoms. The second-order valence-electron chi connectivity index (χ2n) is 6.77. The lowest BCUT2D eigenvalue weighted by molar-refractivity contribution is 0.180. The SMILES string of the molecule is O=S(=O)(CCn1cnc2ccccc21)N(CC1CCOC1)C1CC1. The van der Waals surface area contributed by atoms with E-state index in [1.54, 1.807) is 10.6 Å². The second kappa shape index (κ2) is 6.46. The highest BCUT2D eigenvalue weighted by Crippen LogP contribution is 2.31. The number of imidazole rings is 1. The Labute approximate surface area is 142 Å². The molecular weight excluding hydrogens is 326 g/mol. The first-order valence-corrected chi connectivity index (χ1v) is 10.2. The van der Waals surface area contributed by atoms with E-state index in [1.165, 1.54) is 0 Å². The first kappa shape index (κ1) is 16.1. The van der Waals surface area contributed by atoms with Crippen LogP contribution in [0.15, 0.2) is 30.6 Å². The molecule has 0 N–H and O–H groups in total. The molecule has 0 bridgehead atoms. The van der Waals surface area contributed by atoms with Crippen LogP contribution in [-0.2, 0) is 21.3 Å². The van der Waals surface area contributed by atoms with Gasteiger partial charge in [0.05, 0.1) is 29.7 Å². The van der Waals surface area contributed by atoms with Gasteiger partial charge in [-0.1, -0.05) is 12.1 Å². The predicted molar refractivity (Wildman–Crippen MR) is 92.2 cm³/mol. The molecule has 2 heterocycles. The Kier molecular flexibility index (Phi) is 4.32. The summed E-state index contributed by atoms with van der Waals surface area (Å²) in [4.78, 5) is 4.33.